The van der Waals surface area contributed by atoms with Gasteiger partial charge in [-0.1, -0.05) is 12.1 Å². The van der Waals surface area contributed by atoms with Crippen LogP contribution in [0.2, 0.25) is 0 Å². The van der Waals surface area contributed by atoms with Crippen LogP contribution in [-0.4, -0.2) is 112 Å². The highest BCUT2D eigenvalue weighted by molar-refractivity contribution is 5.95. The summed E-state index contributed by atoms with van der Waals surface area (Å²) >= 11 is 0. The Morgan fingerprint density at radius 1 is 0.955 bits per heavy atom. The van der Waals surface area contributed by atoms with E-state index in [9.17, 15) is 4.79 Å². The topological polar surface area (TPSA) is 108 Å². The highest BCUT2D eigenvalue weighted by Crippen LogP contribution is 2.41. The van der Waals surface area contributed by atoms with E-state index in [0.29, 0.717) is 34.8 Å². The lowest BCUT2D eigenvalue weighted by atomic mass is 10.0. The van der Waals surface area contributed by atoms with Crippen molar-refractivity contribution in [3.05, 3.63) is 60.0 Å². The Hall–Kier alpha value is -4.55. The molecule has 0 saturated carbocycles. The minimum Gasteiger partial charge on any atom is -0.495 e. The number of carbonyl (C=O) groups is 1. The Balaban J connectivity index is 1.09. The Bertz CT molecular complexity index is 1690. The molecule has 0 unspecified atom stereocenters. The van der Waals surface area contributed by atoms with E-state index in [-0.39, 0.29) is 5.91 Å². The van der Waals surface area contributed by atoms with Gasteiger partial charge in [-0.3, -0.25) is 14.3 Å². The molecule has 7 rings (SSSR count). The fourth-order valence-corrected chi connectivity index (χ4v) is 6.58. The molecule has 4 aromatic rings. The summed E-state index contributed by atoms with van der Waals surface area (Å²) in [4.78, 5) is 32.0. The van der Waals surface area contributed by atoms with Crippen molar-refractivity contribution in [1.82, 2.24) is 39.4 Å². The average molecular weight is 595 g/mol. The average Bonchev–Trinajstić information content (AvgIpc) is 3.41. The lowest BCUT2D eigenvalue weighted by molar-refractivity contribution is 0.0518. The van der Waals surface area contributed by atoms with Crippen molar-refractivity contribution in [2.45, 2.75) is 25.8 Å². The van der Waals surface area contributed by atoms with Gasteiger partial charge in [0.25, 0.3) is 5.91 Å². The van der Waals surface area contributed by atoms with Crippen molar-refractivity contribution < 1.29 is 9.53 Å². The fourth-order valence-electron chi connectivity index (χ4n) is 6.58. The Morgan fingerprint density at radius 2 is 1.73 bits per heavy atom. The van der Waals surface area contributed by atoms with Gasteiger partial charge in [0, 0.05) is 63.5 Å². The number of hydrogen-bond acceptors (Lipinski definition) is 10. The molecule has 44 heavy (non-hydrogen) atoms. The molecule has 0 aliphatic carbocycles. The van der Waals surface area contributed by atoms with Gasteiger partial charge in [-0.25, -0.2) is 4.98 Å². The van der Waals surface area contributed by atoms with Crippen molar-refractivity contribution in [2.24, 2.45) is 0 Å². The number of para-hydroxylation sites is 1. The van der Waals surface area contributed by atoms with E-state index in [1.165, 1.54) is 0 Å². The van der Waals surface area contributed by atoms with Gasteiger partial charge in [-0.15, -0.1) is 10.2 Å². The molecular formula is C32H38N10O2. The maximum atomic E-state index is 13.5. The smallest absolute Gasteiger partial charge is 0.253 e. The second kappa shape index (κ2) is 11.5. The molecule has 12 heteroatoms. The third kappa shape index (κ3) is 5.03. The lowest BCUT2D eigenvalue weighted by Crippen LogP contribution is -2.52. The van der Waals surface area contributed by atoms with Crippen molar-refractivity contribution in [3.63, 3.8) is 0 Å². The molecule has 0 radical (unpaired) electrons. The van der Waals surface area contributed by atoms with Crippen LogP contribution in [0.3, 0.4) is 0 Å². The number of piperazine rings is 1. The number of ether oxygens (including phenoxy) is 1. The highest BCUT2D eigenvalue weighted by atomic mass is 16.5. The van der Waals surface area contributed by atoms with Crippen LogP contribution >= 0.6 is 0 Å². The zero-order valence-electron chi connectivity index (χ0n) is 25.7. The number of nitrogens with one attached hydrogen (secondary N) is 1. The van der Waals surface area contributed by atoms with Crippen molar-refractivity contribution in [1.29, 1.82) is 0 Å². The van der Waals surface area contributed by atoms with E-state index in [0.717, 1.165) is 80.7 Å². The van der Waals surface area contributed by atoms with E-state index < -0.39 is 0 Å². The second-order valence-electron chi connectivity index (χ2n) is 11.8. The van der Waals surface area contributed by atoms with Crippen LogP contribution in [0, 0.1) is 6.92 Å². The quantitative estimate of drug-likeness (QED) is 0.367. The number of benzene rings is 2. The number of amides is 1. The first-order valence-corrected chi connectivity index (χ1v) is 15.2. The summed E-state index contributed by atoms with van der Waals surface area (Å²) < 4.78 is 7.70. The zero-order valence-corrected chi connectivity index (χ0v) is 25.7. The highest BCUT2D eigenvalue weighted by Gasteiger charge is 2.30. The largest absolute Gasteiger partial charge is 0.495 e. The normalized spacial score (nSPS) is 17.5. The molecule has 3 aliphatic heterocycles. The minimum absolute atomic E-state index is 0.0355. The Kier molecular flexibility index (Phi) is 7.39. The molecule has 5 heterocycles. The van der Waals surface area contributed by atoms with E-state index in [1.807, 2.05) is 64.7 Å². The van der Waals surface area contributed by atoms with Crippen LogP contribution in [0.1, 0.15) is 29.0 Å². The number of nitrogens with zero attached hydrogens (tertiary/aromatic N) is 9. The van der Waals surface area contributed by atoms with Crippen LogP contribution < -0.4 is 15.0 Å². The summed E-state index contributed by atoms with van der Waals surface area (Å²) in [6, 6.07) is 14.1. The second-order valence-corrected chi connectivity index (χ2v) is 11.8. The molecule has 2 aromatic carbocycles. The number of methoxy groups -OCH3 is 1. The Morgan fingerprint density at radius 3 is 2.50 bits per heavy atom. The Labute approximate surface area is 257 Å². The molecule has 0 bridgehead atoms. The van der Waals surface area contributed by atoms with Crippen molar-refractivity contribution in [3.8, 4) is 22.8 Å². The first-order valence-electron chi connectivity index (χ1n) is 15.2. The van der Waals surface area contributed by atoms with Crippen LogP contribution in [0.5, 0.6) is 5.75 Å². The van der Waals surface area contributed by atoms with Gasteiger partial charge >= 0.3 is 0 Å². The minimum atomic E-state index is 0.0355. The summed E-state index contributed by atoms with van der Waals surface area (Å²) in [5, 5.41) is 12.1. The summed E-state index contributed by atoms with van der Waals surface area (Å²) in [6.45, 7) is 7.91. The summed E-state index contributed by atoms with van der Waals surface area (Å²) in [6.07, 6.45) is 3.80. The molecule has 12 nitrogen and oxygen atoms in total. The number of aryl methyl sites for hydroxylation is 1. The molecule has 0 spiro atoms. The van der Waals surface area contributed by atoms with Crippen LogP contribution in [0.4, 0.5) is 23.1 Å². The fraction of sp³-hybridized carbons (Fsp3) is 0.406. The number of piperidine rings is 1. The van der Waals surface area contributed by atoms with Crippen LogP contribution in [0.15, 0.2) is 48.7 Å². The summed E-state index contributed by atoms with van der Waals surface area (Å²) in [5.41, 5.74) is 4.01. The van der Waals surface area contributed by atoms with Crippen molar-refractivity contribution >= 4 is 29.0 Å². The first kappa shape index (κ1) is 28.2. The van der Waals surface area contributed by atoms with Gasteiger partial charge in [-0.2, -0.15) is 4.98 Å². The number of likely N-dealkylation sites (tertiary alicyclic amines) is 1. The molecule has 3 aliphatic rings. The number of hydrogen-bond donors (Lipinski definition) is 1. The summed E-state index contributed by atoms with van der Waals surface area (Å²) in [5.74, 6) is 3.21. The van der Waals surface area contributed by atoms with E-state index in [2.05, 4.69) is 37.3 Å². The van der Waals surface area contributed by atoms with Gasteiger partial charge in [0.1, 0.15) is 17.3 Å². The standard InChI is InChI=1S/C32H38N10O2/c1-21-36-37-29-24-7-5-6-8-26(24)39(3)30-27(42(21)29)20-33-32(35-30)34-25-10-9-22(19-28(25)44-4)31(43)41-13-11-23(12-14-41)40-17-15-38(2)16-18-40/h5-10,19-20,23H,11-18H2,1-4H3,(H,33,34,35). The molecular weight excluding hydrogens is 556 g/mol. The monoisotopic (exact) mass is 594 g/mol. The number of aromatic nitrogens is 5. The number of anilines is 4. The van der Waals surface area contributed by atoms with Gasteiger partial charge in [0.15, 0.2) is 11.6 Å². The van der Waals surface area contributed by atoms with Gasteiger partial charge in [0.05, 0.1) is 24.7 Å². The molecule has 228 valence electrons. The number of likely N-dealkylation sites (N-methyl/N-ethyl adjacent to an activating group) is 1. The SMILES string of the molecule is COc1cc(C(=O)N2CCC(N3CCN(C)CC3)CC2)ccc1Nc1ncc2c(n1)N(C)c1ccccc1-c1nnc(C)n1-2. The predicted octanol–water partition coefficient (Wildman–Crippen LogP) is 3.72. The first-order chi connectivity index (χ1) is 21.4. The van der Waals surface area contributed by atoms with Crippen LogP contribution in [0.25, 0.3) is 17.1 Å². The predicted molar refractivity (Wildman–Crippen MR) is 169 cm³/mol. The number of fused-ring (bicyclic) bond motifs is 5. The molecule has 1 N–H and O–H groups in total. The third-order valence-corrected chi connectivity index (χ3v) is 9.14. The van der Waals surface area contributed by atoms with E-state index >= 15 is 0 Å². The van der Waals surface area contributed by atoms with Gasteiger partial charge < -0.3 is 24.8 Å². The van der Waals surface area contributed by atoms with E-state index in [1.54, 1.807) is 19.4 Å². The molecule has 2 aromatic heterocycles. The zero-order chi connectivity index (χ0) is 30.4. The summed E-state index contributed by atoms with van der Waals surface area (Å²) in [7, 11) is 5.77. The maximum absolute atomic E-state index is 13.5. The third-order valence-electron chi connectivity index (χ3n) is 9.14. The molecule has 2 saturated heterocycles. The maximum Gasteiger partial charge on any atom is 0.253 e. The molecule has 1 amide bonds. The van der Waals surface area contributed by atoms with Gasteiger partial charge in [0.2, 0.25) is 5.95 Å². The number of carbonyl (C=O) groups excluding carboxylic acids is 1. The number of rotatable bonds is 5. The molecule has 0 atom stereocenters. The van der Waals surface area contributed by atoms with Crippen molar-refractivity contribution in [2.75, 3.05) is 70.7 Å². The lowest BCUT2D eigenvalue weighted by Gasteiger charge is -2.42. The van der Waals surface area contributed by atoms with E-state index in [4.69, 9.17) is 9.72 Å². The van der Waals surface area contributed by atoms with Crippen LogP contribution in [-0.2, 0) is 0 Å². The molecule has 2 fully saturated rings. The van der Waals surface area contributed by atoms with Gasteiger partial charge in [-0.05, 0) is 57.1 Å².